The molecule has 5 rings (SSSR count). The van der Waals surface area contributed by atoms with Crippen molar-refractivity contribution in [2.24, 2.45) is 0 Å². The van der Waals surface area contributed by atoms with Crippen LogP contribution < -0.4 is 4.74 Å². The maximum absolute atomic E-state index is 12.3. The Morgan fingerprint density at radius 2 is 1.43 bits per heavy atom. The minimum Gasteiger partial charge on any atom is -0.425 e. The number of halogens is 1. The first-order valence-electron chi connectivity index (χ1n) is 9.73. The van der Waals surface area contributed by atoms with Crippen LogP contribution in [-0.4, -0.2) is 15.9 Å². The smallest absolute Gasteiger partial charge is 0.310 e. The predicted molar refractivity (Wildman–Crippen MR) is 124 cm³/mol. The topological polar surface area (TPSA) is 52.1 Å². The molecule has 0 saturated heterocycles. The van der Waals surface area contributed by atoms with E-state index in [1.165, 1.54) is 0 Å². The van der Waals surface area contributed by atoms with Gasteiger partial charge in [0.1, 0.15) is 11.3 Å². The van der Waals surface area contributed by atoms with Crippen molar-refractivity contribution >= 4 is 54.7 Å². The number of benzene rings is 4. The van der Waals surface area contributed by atoms with Crippen LogP contribution in [0, 0.1) is 0 Å². The molecule has 5 heteroatoms. The molecule has 0 aliphatic carbocycles. The lowest BCUT2D eigenvalue weighted by Gasteiger charge is -2.17. The maximum atomic E-state index is 12.3. The number of para-hydroxylation sites is 2. The van der Waals surface area contributed by atoms with Gasteiger partial charge in [-0.2, -0.15) is 0 Å². The van der Waals surface area contributed by atoms with E-state index < -0.39 is 0 Å². The van der Waals surface area contributed by atoms with Gasteiger partial charge in [-0.25, -0.2) is 9.97 Å². The number of carbonyl (C=O) groups is 1. The molecule has 1 heterocycles. The van der Waals surface area contributed by atoms with Crippen molar-refractivity contribution in [3.63, 3.8) is 0 Å². The van der Waals surface area contributed by atoms with E-state index >= 15 is 0 Å². The Morgan fingerprint density at radius 3 is 2.10 bits per heavy atom. The normalized spacial score (nSPS) is 11.3. The number of rotatable bonds is 3. The molecular formula is C25H17BrN2O2. The van der Waals surface area contributed by atoms with E-state index in [9.17, 15) is 4.79 Å². The highest BCUT2D eigenvalue weighted by atomic mass is 79.9. The second-order valence-corrected chi connectivity index (χ2v) is 7.91. The van der Waals surface area contributed by atoms with Gasteiger partial charge in [-0.3, -0.25) is 4.79 Å². The van der Waals surface area contributed by atoms with Crippen LogP contribution in [0.15, 0.2) is 77.3 Å². The van der Waals surface area contributed by atoms with Crippen LogP contribution in [0.1, 0.15) is 13.3 Å². The van der Waals surface area contributed by atoms with Gasteiger partial charge in [0.2, 0.25) is 0 Å². The number of nitrogens with zero attached hydrogens (tertiary/aromatic N) is 2. The van der Waals surface area contributed by atoms with Gasteiger partial charge in [0.25, 0.3) is 0 Å². The number of aromatic nitrogens is 2. The molecule has 0 atom stereocenters. The third kappa shape index (κ3) is 3.12. The summed E-state index contributed by atoms with van der Waals surface area (Å²) in [5, 5.41) is 1.75. The lowest BCUT2D eigenvalue weighted by molar-refractivity contribution is -0.133. The second-order valence-electron chi connectivity index (χ2n) is 6.99. The third-order valence-corrected chi connectivity index (χ3v) is 5.63. The number of carbonyl (C=O) groups excluding carboxylic acids is 1. The minimum atomic E-state index is -0.286. The van der Waals surface area contributed by atoms with E-state index in [1.807, 2.05) is 72.8 Å². The molecule has 0 aliphatic rings. The third-order valence-electron chi connectivity index (χ3n) is 5.10. The van der Waals surface area contributed by atoms with Gasteiger partial charge in [-0.1, -0.05) is 71.4 Å². The quantitative estimate of drug-likeness (QED) is 0.131. The zero-order valence-corrected chi connectivity index (χ0v) is 17.8. The largest absolute Gasteiger partial charge is 0.425 e. The van der Waals surface area contributed by atoms with Crippen molar-refractivity contribution in [3.8, 4) is 16.9 Å². The SMILES string of the molecule is CCC(=O)Oc1c(-c2ccc(Br)cc2)c2nc3ccccc3nc2c2ccccc12. The van der Waals surface area contributed by atoms with Gasteiger partial charge in [0, 0.05) is 21.7 Å². The van der Waals surface area contributed by atoms with E-state index in [1.54, 1.807) is 6.92 Å². The van der Waals surface area contributed by atoms with Crippen LogP contribution in [0.3, 0.4) is 0 Å². The molecule has 0 aliphatic heterocycles. The molecule has 0 radical (unpaired) electrons. The van der Waals surface area contributed by atoms with Crippen LogP contribution in [-0.2, 0) is 4.79 Å². The van der Waals surface area contributed by atoms with Gasteiger partial charge in [0.15, 0.2) is 0 Å². The van der Waals surface area contributed by atoms with Crippen LogP contribution >= 0.6 is 15.9 Å². The fraction of sp³-hybridized carbons (Fsp3) is 0.0800. The summed E-state index contributed by atoms with van der Waals surface area (Å²) < 4.78 is 6.87. The summed E-state index contributed by atoms with van der Waals surface area (Å²) in [5.41, 5.74) is 4.82. The molecule has 0 saturated carbocycles. The molecule has 0 N–H and O–H groups in total. The molecule has 0 bridgehead atoms. The first-order chi connectivity index (χ1) is 14.7. The van der Waals surface area contributed by atoms with Crippen LogP contribution in [0.5, 0.6) is 5.75 Å². The monoisotopic (exact) mass is 456 g/mol. The van der Waals surface area contributed by atoms with Crippen molar-refractivity contribution in [2.75, 3.05) is 0 Å². The van der Waals surface area contributed by atoms with Crippen molar-refractivity contribution in [2.45, 2.75) is 13.3 Å². The lowest BCUT2D eigenvalue weighted by Crippen LogP contribution is -2.08. The Balaban J connectivity index is 1.99. The van der Waals surface area contributed by atoms with E-state index in [0.717, 1.165) is 42.9 Å². The standard InChI is InChI=1S/C25H17BrN2O2/c1-2-21(29)30-25-18-8-4-3-7-17(18)23-24(22(25)15-11-13-16(26)14-12-15)28-20-10-6-5-9-19(20)27-23/h3-14H,2H2,1H3. The highest BCUT2D eigenvalue weighted by molar-refractivity contribution is 9.10. The lowest BCUT2D eigenvalue weighted by atomic mass is 9.96. The summed E-state index contributed by atoms with van der Waals surface area (Å²) in [6, 6.07) is 23.6. The predicted octanol–water partition coefficient (Wildman–Crippen LogP) is 6.68. The maximum Gasteiger partial charge on any atom is 0.310 e. The molecule has 0 spiro atoms. The summed E-state index contributed by atoms with van der Waals surface area (Å²) in [6.45, 7) is 1.79. The van der Waals surface area contributed by atoms with Gasteiger partial charge < -0.3 is 4.74 Å². The number of ether oxygens (including phenoxy) is 1. The second kappa shape index (κ2) is 7.50. The molecule has 0 fully saturated rings. The molecule has 4 nitrogen and oxygen atoms in total. The van der Waals surface area contributed by atoms with E-state index in [2.05, 4.69) is 15.9 Å². The summed E-state index contributed by atoms with van der Waals surface area (Å²) in [7, 11) is 0. The molecule has 30 heavy (non-hydrogen) atoms. The Bertz CT molecular complexity index is 1430. The Hall–Kier alpha value is -3.31. The van der Waals surface area contributed by atoms with Crippen molar-refractivity contribution in [3.05, 3.63) is 77.3 Å². The minimum absolute atomic E-state index is 0.286. The highest BCUT2D eigenvalue weighted by Crippen LogP contribution is 2.43. The van der Waals surface area contributed by atoms with E-state index in [4.69, 9.17) is 14.7 Å². The first kappa shape index (κ1) is 18.7. The van der Waals surface area contributed by atoms with Gasteiger partial charge in [-0.15, -0.1) is 0 Å². The molecule has 5 aromatic rings. The molecule has 4 aromatic carbocycles. The van der Waals surface area contributed by atoms with Gasteiger partial charge >= 0.3 is 5.97 Å². The Morgan fingerprint density at radius 1 is 0.833 bits per heavy atom. The summed E-state index contributed by atoms with van der Waals surface area (Å²) in [5.74, 6) is 0.239. The summed E-state index contributed by atoms with van der Waals surface area (Å²) in [4.78, 5) is 22.2. The van der Waals surface area contributed by atoms with Crippen molar-refractivity contribution in [1.29, 1.82) is 0 Å². The number of hydrogen-bond donors (Lipinski definition) is 0. The highest BCUT2D eigenvalue weighted by Gasteiger charge is 2.21. The van der Waals surface area contributed by atoms with Gasteiger partial charge in [0.05, 0.1) is 22.1 Å². The fourth-order valence-electron chi connectivity index (χ4n) is 3.67. The zero-order chi connectivity index (χ0) is 20.7. The van der Waals surface area contributed by atoms with Crippen LogP contribution in [0.2, 0.25) is 0 Å². The molecular weight excluding hydrogens is 440 g/mol. The fourth-order valence-corrected chi connectivity index (χ4v) is 3.93. The molecule has 146 valence electrons. The Labute approximate surface area is 181 Å². The van der Waals surface area contributed by atoms with E-state index in [0.29, 0.717) is 11.3 Å². The van der Waals surface area contributed by atoms with Crippen molar-refractivity contribution in [1.82, 2.24) is 9.97 Å². The number of fused-ring (bicyclic) bond motifs is 4. The number of hydrogen-bond acceptors (Lipinski definition) is 4. The number of esters is 1. The van der Waals surface area contributed by atoms with Crippen molar-refractivity contribution < 1.29 is 9.53 Å². The van der Waals surface area contributed by atoms with Crippen LogP contribution in [0.25, 0.3) is 44.0 Å². The Kier molecular flexibility index (Phi) is 4.68. The average molecular weight is 457 g/mol. The molecule has 0 unspecified atom stereocenters. The molecule has 1 aromatic heterocycles. The van der Waals surface area contributed by atoms with Crippen LogP contribution in [0.4, 0.5) is 0 Å². The first-order valence-corrected chi connectivity index (χ1v) is 10.5. The van der Waals surface area contributed by atoms with E-state index in [-0.39, 0.29) is 12.4 Å². The molecule has 0 amide bonds. The van der Waals surface area contributed by atoms with Gasteiger partial charge in [-0.05, 0) is 29.8 Å². The zero-order valence-electron chi connectivity index (χ0n) is 16.2. The summed E-state index contributed by atoms with van der Waals surface area (Å²) >= 11 is 3.50. The average Bonchev–Trinajstić information content (AvgIpc) is 2.79. The summed E-state index contributed by atoms with van der Waals surface area (Å²) in [6.07, 6.45) is 0.287.